The molecular formula is C16H18Cl2N2O4. The highest BCUT2D eigenvalue weighted by molar-refractivity contribution is 6.42. The summed E-state index contributed by atoms with van der Waals surface area (Å²) in [4.78, 5) is 26.0. The van der Waals surface area contributed by atoms with Crippen molar-refractivity contribution in [2.45, 2.75) is 25.0 Å². The van der Waals surface area contributed by atoms with E-state index >= 15 is 0 Å². The molecule has 6 nitrogen and oxygen atoms in total. The maximum atomic E-state index is 12.3. The lowest BCUT2D eigenvalue weighted by molar-refractivity contribution is -0.187. The Morgan fingerprint density at radius 3 is 2.42 bits per heavy atom. The van der Waals surface area contributed by atoms with E-state index in [9.17, 15) is 9.59 Å². The van der Waals surface area contributed by atoms with Crippen LogP contribution in [-0.2, 0) is 19.1 Å². The highest BCUT2D eigenvalue weighted by Crippen LogP contribution is 2.31. The third-order valence-electron chi connectivity index (χ3n) is 4.21. The molecule has 2 fully saturated rings. The molecule has 8 heteroatoms. The molecule has 1 spiro atoms. The molecule has 0 unspecified atom stereocenters. The van der Waals surface area contributed by atoms with Gasteiger partial charge in [-0.2, -0.15) is 0 Å². The van der Waals surface area contributed by atoms with Gasteiger partial charge in [0.15, 0.2) is 5.79 Å². The van der Waals surface area contributed by atoms with Crippen LogP contribution in [-0.4, -0.2) is 48.8 Å². The number of nitrogens with zero attached hydrogens (tertiary/aromatic N) is 1. The molecule has 2 amide bonds. The smallest absolute Gasteiger partial charge is 0.233 e. The van der Waals surface area contributed by atoms with Crippen molar-refractivity contribution in [1.82, 2.24) is 4.90 Å². The van der Waals surface area contributed by atoms with E-state index in [2.05, 4.69) is 5.32 Å². The van der Waals surface area contributed by atoms with Crippen LogP contribution >= 0.6 is 23.2 Å². The summed E-state index contributed by atoms with van der Waals surface area (Å²) in [6.45, 7) is 2.25. The van der Waals surface area contributed by atoms with Crippen LogP contribution in [0.3, 0.4) is 0 Å². The second kappa shape index (κ2) is 7.27. The molecule has 1 aromatic rings. The first-order valence-electron chi connectivity index (χ1n) is 7.78. The van der Waals surface area contributed by atoms with Crippen molar-refractivity contribution in [3.63, 3.8) is 0 Å². The highest BCUT2D eigenvalue weighted by Gasteiger charge is 2.40. The summed E-state index contributed by atoms with van der Waals surface area (Å²) in [5, 5.41) is 3.40. The van der Waals surface area contributed by atoms with Gasteiger partial charge < -0.3 is 19.7 Å². The van der Waals surface area contributed by atoms with Crippen LogP contribution in [0.1, 0.15) is 19.3 Å². The van der Waals surface area contributed by atoms with Crippen LogP contribution in [0.5, 0.6) is 0 Å². The topological polar surface area (TPSA) is 67.9 Å². The molecule has 0 aliphatic carbocycles. The Morgan fingerprint density at radius 2 is 1.79 bits per heavy atom. The Morgan fingerprint density at radius 1 is 1.12 bits per heavy atom. The SMILES string of the molecule is O=C(CC(=O)N1CCC2(CC1)OCCO2)Nc1ccc(Cl)c(Cl)c1. The number of hydrogen-bond donors (Lipinski definition) is 1. The highest BCUT2D eigenvalue weighted by atomic mass is 35.5. The summed E-state index contributed by atoms with van der Waals surface area (Å²) in [6.07, 6.45) is 1.05. The number of hydrogen-bond acceptors (Lipinski definition) is 4. The van der Waals surface area contributed by atoms with Crippen molar-refractivity contribution in [3.05, 3.63) is 28.2 Å². The molecule has 2 aliphatic rings. The van der Waals surface area contributed by atoms with E-state index in [0.29, 0.717) is 54.9 Å². The second-order valence-corrected chi connectivity index (χ2v) is 6.66. The predicted molar refractivity (Wildman–Crippen MR) is 90.2 cm³/mol. The first-order chi connectivity index (χ1) is 11.5. The number of ether oxygens (including phenoxy) is 2. The van der Waals surface area contributed by atoms with Gasteiger partial charge in [-0.1, -0.05) is 23.2 Å². The standard InChI is InChI=1S/C16H18Cl2N2O4/c17-12-2-1-11(9-13(12)18)19-14(21)10-15(22)20-5-3-16(4-6-20)23-7-8-24-16/h1-2,9H,3-8,10H2,(H,19,21). The third kappa shape index (κ3) is 4.00. The molecule has 0 bridgehead atoms. The summed E-state index contributed by atoms with van der Waals surface area (Å²) in [5.74, 6) is -1.12. The van der Waals surface area contributed by atoms with E-state index in [0.717, 1.165) is 0 Å². The van der Waals surface area contributed by atoms with E-state index in [1.54, 1.807) is 23.1 Å². The number of carbonyl (C=O) groups excluding carboxylic acids is 2. The van der Waals surface area contributed by atoms with Crippen molar-refractivity contribution < 1.29 is 19.1 Å². The number of likely N-dealkylation sites (tertiary alicyclic amines) is 1. The molecule has 0 aromatic heterocycles. The zero-order chi connectivity index (χ0) is 17.2. The van der Waals surface area contributed by atoms with Gasteiger partial charge in [0.25, 0.3) is 0 Å². The molecule has 1 N–H and O–H groups in total. The van der Waals surface area contributed by atoms with Gasteiger partial charge in [0.05, 0.1) is 23.3 Å². The molecule has 2 heterocycles. The molecule has 2 aliphatic heterocycles. The van der Waals surface area contributed by atoms with Crippen LogP contribution in [0.2, 0.25) is 10.0 Å². The number of nitrogens with one attached hydrogen (secondary N) is 1. The van der Waals surface area contributed by atoms with Crippen LogP contribution in [0.4, 0.5) is 5.69 Å². The Balaban J connectivity index is 1.49. The fourth-order valence-corrected chi connectivity index (χ4v) is 3.21. The Labute approximate surface area is 150 Å². The lowest BCUT2D eigenvalue weighted by Crippen LogP contribution is -2.47. The Bertz CT molecular complexity index is 637. The molecule has 3 rings (SSSR count). The van der Waals surface area contributed by atoms with Gasteiger partial charge in [-0.15, -0.1) is 0 Å². The second-order valence-electron chi connectivity index (χ2n) is 5.84. The molecule has 1 aromatic carbocycles. The maximum Gasteiger partial charge on any atom is 0.233 e. The van der Waals surface area contributed by atoms with Crippen LogP contribution in [0, 0.1) is 0 Å². The van der Waals surface area contributed by atoms with E-state index in [4.69, 9.17) is 32.7 Å². The van der Waals surface area contributed by atoms with Crippen molar-refractivity contribution in [2.24, 2.45) is 0 Å². The van der Waals surface area contributed by atoms with E-state index < -0.39 is 5.79 Å². The van der Waals surface area contributed by atoms with Gasteiger partial charge in [-0.25, -0.2) is 0 Å². The Hall–Kier alpha value is -1.34. The summed E-state index contributed by atoms with van der Waals surface area (Å²) in [6, 6.07) is 4.77. The van der Waals surface area contributed by atoms with Crippen molar-refractivity contribution in [2.75, 3.05) is 31.6 Å². The number of anilines is 1. The lowest BCUT2D eigenvalue weighted by Gasteiger charge is -2.37. The Kier molecular flexibility index (Phi) is 5.30. The zero-order valence-corrected chi connectivity index (χ0v) is 14.5. The molecule has 24 heavy (non-hydrogen) atoms. The number of halogens is 2. The maximum absolute atomic E-state index is 12.3. The van der Waals surface area contributed by atoms with Crippen molar-refractivity contribution in [1.29, 1.82) is 0 Å². The summed E-state index contributed by atoms with van der Waals surface area (Å²) < 4.78 is 11.3. The fourth-order valence-electron chi connectivity index (χ4n) is 2.91. The van der Waals surface area contributed by atoms with Gasteiger partial charge in [-0.3, -0.25) is 9.59 Å². The van der Waals surface area contributed by atoms with E-state index in [1.807, 2.05) is 0 Å². The molecule has 2 saturated heterocycles. The number of carbonyl (C=O) groups is 2. The molecule has 0 atom stereocenters. The van der Waals surface area contributed by atoms with E-state index in [-0.39, 0.29) is 18.2 Å². The monoisotopic (exact) mass is 372 g/mol. The summed E-state index contributed by atoms with van der Waals surface area (Å²) in [7, 11) is 0. The quantitative estimate of drug-likeness (QED) is 0.828. The summed E-state index contributed by atoms with van der Waals surface area (Å²) in [5.41, 5.74) is 0.507. The number of amides is 2. The first-order valence-corrected chi connectivity index (χ1v) is 8.54. The van der Waals surface area contributed by atoms with Crippen molar-refractivity contribution >= 4 is 40.7 Å². The van der Waals surface area contributed by atoms with Gasteiger partial charge in [0.1, 0.15) is 6.42 Å². The predicted octanol–water partition coefficient (Wildman–Crippen LogP) is 2.69. The zero-order valence-electron chi connectivity index (χ0n) is 13.0. The molecule has 0 saturated carbocycles. The largest absolute Gasteiger partial charge is 0.347 e. The average Bonchev–Trinajstić information content (AvgIpc) is 2.99. The lowest BCUT2D eigenvalue weighted by atomic mass is 10.0. The molecular weight excluding hydrogens is 355 g/mol. The molecule has 0 radical (unpaired) electrons. The third-order valence-corrected chi connectivity index (χ3v) is 4.95. The van der Waals surface area contributed by atoms with Crippen LogP contribution in [0.25, 0.3) is 0 Å². The van der Waals surface area contributed by atoms with Gasteiger partial charge in [-0.05, 0) is 18.2 Å². The average molecular weight is 373 g/mol. The number of rotatable bonds is 3. The van der Waals surface area contributed by atoms with Gasteiger partial charge in [0, 0.05) is 31.6 Å². The van der Waals surface area contributed by atoms with Crippen LogP contribution in [0.15, 0.2) is 18.2 Å². The minimum absolute atomic E-state index is 0.208. The minimum Gasteiger partial charge on any atom is -0.347 e. The van der Waals surface area contributed by atoms with Gasteiger partial charge >= 0.3 is 0 Å². The fraction of sp³-hybridized carbons (Fsp3) is 0.500. The number of piperidine rings is 1. The summed E-state index contributed by atoms with van der Waals surface area (Å²) >= 11 is 11.7. The van der Waals surface area contributed by atoms with Crippen molar-refractivity contribution in [3.8, 4) is 0 Å². The minimum atomic E-state index is -0.529. The normalized spacial score (nSPS) is 19.5. The first kappa shape index (κ1) is 17.5. The van der Waals surface area contributed by atoms with E-state index in [1.165, 1.54) is 0 Å². The van der Waals surface area contributed by atoms with Gasteiger partial charge in [0.2, 0.25) is 11.8 Å². The molecule has 130 valence electrons. The number of benzene rings is 1. The van der Waals surface area contributed by atoms with Crippen LogP contribution < -0.4 is 5.32 Å².